The summed E-state index contributed by atoms with van der Waals surface area (Å²) in [5.41, 5.74) is 0.599. The molecule has 0 heterocycles. The summed E-state index contributed by atoms with van der Waals surface area (Å²) in [7, 11) is 3.71. The van der Waals surface area contributed by atoms with E-state index in [2.05, 4.69) is 27.0 Å². The van der Waals surface area contributed by atoms with Gasteiger partial charge in [0, 0.05) is 26.3 Å². The summed E-state index contributed by atoms with van der Waals surface area (Å²) in [6, 6.07) is 7.36. The van der Waals surface area contributed by atoms with Gasteiger partial charge in [0.15, 0.2) is 5.11 Å². The van der Waals surface area contributed by atoms with Crippen molar-refractivity contribution in [3.63, 3.8) is 0 Å². The summed E-state index contributed by atoms with van der Waals surface area (Å²) in [6.07, 6.45) is 1.15. The zero-order valence-electron chi connectivity index (χ0n) is 18.1. The number of anilines is 1. The van der Waals surface area contributed by atoms with Crippen molar-refractivity contribution in [2.45, 2.75) is 45.8 Å². The van der Waals surface area contributed by atoms with Crippen molar-refractivity contribution in [2.75, 3.05) is 26.0 Å². The second kappa shape index (κ2) is 10.1. The Morgan fingerprint density at radius 1 is 1.31 bits per heavy atom. The second-order valence-corrected chi connectivity index (χ2v) is 8.78. The molecule has 0 saturated carbocycles. The van der Waals surface area contributed by atoms with Crippen LogP contribution in [-0.4, -0.2) is 54.2 Å². The van der Waals surface area contributed by atoms with Crippen LogP contribution in [0.2, 0.25) is 0 Å². The van der Waals surface area contributed by atoms with Crippen LogP contribution in [0.25, 0.3) is 0 Å². The van der Waals surface area contributed by atoms with Gasteiger partial charge in [0.25, 0.3) is 0 Å². The van der Waals surface area contributed by atoms with Crippen LogP contribution in [0.15, 0.2) is 23.2 Å². The third-order valence-corrected chi connectivity index (χ3v) is 3.53. The van der Waals surface area contributed by atoms with E-state index in [4.69, 9.17) is 17.0 Å². The maximum atomic E-state index is 11.8. The van der Waals surface area contributed by atoms with Gasteiger partial charge in [-0.15, -0.1) is 0 Å². The number of nitriles is 1. The number of carbonyl (C=O) groups is 1. The molecule has 0 aromatic heterocycles. The molecule has 158 valence electrons. The van der Waals surface area contributed by atoms with Gasteiger partial charge in [0.05, 0.1) is 23.1 Å². The smallest absolute Gasteiger partial charge is 0.407 e. The Labute approximate surface area is 178 Å². The Balaban J connectivity index is 2.69. The monoisotopic (exact) mass is 418 g/mol. The average Bonchev–Trinajstić information content (AvgIpc) is 2.56. The predicted octanol–water partition coefficient (Wildman–Crippen LogP) is 3.37. The molecule has 0 spiro atoms. The number of nitrogens with one attached hydrogen (secondary N) is 3. The van der Waals surface area contributed by atoms with Gasteiger partial charge in [-0.2, -0.15) is 5.26 Å². The molecule has 0 aliphatic heterocycles. The van der Waals surface area contributed by atoms with E-state index < -0.39 is 17.2 Å². The number of aliphatic imine (C=N–C) groups is 1. The molecule has 8 nitrogen and oxygen atoms in total. The lowest BCUT2D eigenvalue weighted by Crippen LogP contribution is -2.53. The Morgan fingerprint density at radius 3 is 2.52 bits per heavy atom. The molecule has 1 aromatic rings. The van der Waals surface area contributed by atoms with Crippen LogP contribution in [0.1, 0.15) is 40.2 Å². The SMILES string of the molecule is CN(C)C=Nc1ccc(NC(=S)NC(C)(C)CNC(=O)OC(C)(C)C)cc1C#N. The number of carbonyl (C=O) groups excluding carboxylic acids is 1. The van der Waals surface area contributed by atoms with Gasteiger partial charge >= 0.3 is 6.09 Å². The number of nitrogens with zero attached hydrogens (tertiary/aromatic N) is 3. The molecule has 0 bridgehead atoms. The Morgan fingerprint density at radius 2 is 1.97 bits per heavy atom. The van der Waals surface area contributed by atoms with Crippen molar-refractivity contribution in [2.24, 2.45) is 4.99 Å². The van der Waals surface area contributed by atoms with Gasteiger partial charge in [-0.1, -0.05) is 0 Å². The molecule has 0 aliphatic carbocycles. The number of rotatable bonds is 6. The van der Waals surface area contributed by atoms with Crippen LogP contribution in [0.4, 0.5) is 16.2 Å². The van der Waals surface area contributed by atoms with E-state index in [1.807, 2.05) is 48.7 Å². The Kier molecular flexibility index (Phi) is 8.40. The molecule has 1 rings (SSSR count). The number of ether oxygens (including phenoxy) is 1. The minimum absolute atomic E-state index is 0.311. The fourth-order valence-electron chi connectivity index (χ4n) is 2.11. The normalized spacial score (nSPS) is 11.5. The minimum Gasteiger partial charge on any atom is -0.444 e. The van der Waals surface area contributed by atoms with Crippen LogP contribution >= 0.6 is 12.2 Å². The van der Waals surface area contributed by atoms with Crippen LogP contribution < -0.4 is 16.0 Å². The van der Waals surface area contributed by atoms with E-state index in [9.17, 15) is 10.1 Å². The number of amides is 1. The number of thiocarbonyl (C=S) groups is 1. The van der Waals surface area contributed by atoms with E-state index >= 15 is 0 Å². The fraction of sp³-hybridized carbons (Fsp3) is 0.500. The molecule has 3 N–H and O–H groups in total. The first-order valence-electron chi connectivity index (χ1n) is 9.12. The zero-order chi connectivity index (χ0) is 22.2. The van der Waals surface area contributed by atoms with Crippen LogP contribution in [-0.2, 0) is 4.74 Å². The van der Waals surface area contributed by atoms with Crippen molar-refractivity contribution in [1.29, 1.82) is 5.26 Å². The highest BCUT2D eigenvalue weighted by Crippen LogP contribution is 2.22. The number of hydrogen-bond acceptors (Lipinski definition) is 5. The molecule has 0 atom stereocenters. The lowest BCUT2D eigenvalue weighted by Gasteiger charge is -2.29. The lowest BCUT2D eigenvalue weighted by atomic mass is 10.1. The van der Waals surface area contributed by atoms with E-state index in [-0.39, 0.29) is 0 Å². The molecule has 1 amide bonds. The van der Waals surface area contributed by atoms with Crippen LogP contribution in [0.5, 0.6) is 0 Å². The first-order valence-corrected chi connectivity index (χ1v) is 9.53. The Hall–Kier alpha value is -2.86. The van der Waals surface area contributed by atoms with Gasteiger partial charge in [0.1, 0.15) is 11.7 Å². The minimum atomic E-state index is -0.556. The van der Waals surface area contributed by atoms with E-state index in [1.165, 1.54) is 0 Å². The lowest BCUT2D eigenvalue weighted by molar-refractivity contribution is 0.0516. The second-order valence-electron chi connectivity index (χ2n) is 8.37. The zero-order valence-corrected chi connectivity index (χ0v) is 18.9. The largest absolute Gasteiger partial charge is 0.444 e. The summed E-state index contributed by atoms with van der Waals surface area (Å²) >= 11 is 5.36. The maximum absolute atomic E-state index is 11.8. The van der Waals surface area contributed by atoms with Crippen molar-refractivity contribution in [3.05, 3.63) is 23.8 Å². The third-order valence-electron chi connectivity index (χ3n) is 3.33. The molecule has 0 radical (unpaired) electrons. The summed E-state index contributed by atoms with van der Waals surface area (Å²) in [5.74, 6) is 0. The van der Waals surface area contributed by atoms with E-state index in [0.717, 1.165) is 0 Å². The van der Waals surface area contributed by atoms with Crippen LogP contribution in [0, 0.1) is 11.3 Å². The average molecular weight is 419 g/mol. The van der Waals surface area contributed by atoms with Crippen molar-refractivity contribution in [3.8, 4) is 6.07 Å². The number of alkyl carbamates (subject to hydrolysis) is 1. The molecule has 0 saturated heterocycles. The molecular formula is C20H30N6O2S. The summed E-state index contributed by atoms with van der Waals surface area (Å²) in [5, 5.41) is 18.7. The topological polar surface area (TPSA) is 102 Å². The third kappa shape index (κ3) is 9.76. The first-order chi connectivity index (χ1) is 13.3. The van der Waals surface area contributed by atoms with Crippen molar-refractivity contribution >= 4 is 41.1 Å². The highest BCUT2D eigenvalue weighted by Gasteiger charge is 2.22. The quantitative estimate of drug-likeness (QED) is 0.370. The molecule has 0 fully saturated rings. The highest BCUT2D eigenvalue weighted by atomic mass is 32.1. The van der Waals surface area contributed by atoms with Gasteiger partial charge in [-0.05, 0) is 65.0 Å². The predicted molar refractivity (Wildman–Crippen MR) is 121 cm³/mol. The Bertz CT molecular complexity index is 806. The molecule has 29 heavy (non-hydrogen) atoms. The maximum Gasteiger partial charge on any atom is 0.407 e. The van der Waals surface area contributed by atoms with E-state index in [1.54, 1.807) is 29.4 Å². The number of benzene rings is 1. The molecule has 0 aliphatic rings. The highest BCUT2D eigenvalue weighted by molar-refractivity contribution is 7.80. The molecule has 1 aromatic carbocycles. The van der Waals surface area contributed by atoms with E-state index in [0.29, 0.717) is 28.6 Å². The van der Waals surface area contributed by atoms with Gasteiger partial charge < -0.3 is 25.6 Å². The van der Waals surface area contributed by atoms with Crippen LogP contribution in [0.3, 0.4) is 0 Å². The molecule has 9 heteroatoms. The fourth-order valence-corrected chi connectivity index (χ4v) is 2.51. The van der Waals surface area contributed by atoms with Gasteiger partial charge in [-0.25, -0.2) is 9.79 Å². The standard InChI is InChI=1S/C20H30N6O2S/c1-19(2,3)28-18(27)22-12-20(4,5)25-17(29)24-15-8-9-16(14(10-15)11-21)23-13-26(6)7/h8-10,13H,12H2,1-7H3,(H,22,27)(H2,24,25,29). The van der Waals surface area contributed by atoms with Gasteiger partial charge in [0.2, 0.25) is 0 Å². The molecule has 0 unspecified atom stereocenters. The molecular weight excluding hydrogens is 388 g/mol. The van der Waals surface area contributed by atoms with Crippen molar-refractivity contribution < 1.29 is 9.53 Å². The summed E-state index contributed by atoms with van der Waals surface area (Å²) in [6.45, 7) is 9.53. The summed E-state index contributed by atoms with van der Waals surface area (Å²) in [4.78, 5) is 17.9. The van der Waals surface area contributed by atoms with Crippen molar-refractivity contribution in [1.82, 2.24) is 15.5 Å². The van der Waals surface area contributed by atoms with Gasteiger partial charge in [-0.3, -0.25) is 0 Å². The summed E-state index contributed by atoms with van der Waals surface area (Å²) < 4.78 is 5.23. The number of hydrogen-bond donors (Lipinski definition) is 3. The first kappa shape index (κ1) is 24.2.